The lowest BCUT2D eigenvalue weighted by Gasteiger charge is -2.32. The van der Waals surface area contributed by atoms with Gasteiger partial charge in [-0.1, -0.05) is 18.6 Å². The molecule has 0 saturated heterocycles. The zero-order valence-electron chi connectivity index (χ0n) is 12.6. The highest BCUT2D eigenvalue weighted by atomic mass is 16.1. The van der Waals surface area contributed by atoms with Crippen molar-refractivity contribution in [3.63, 3.8) is 0 Å². The van der Waals surface area contributed by atoms with Gasteiger partial charge in [0.15, 0.2) is 5.78 Å². The Balaban J connectivity index is 2.02. The smallest absolute Gasteiger partial charge is 0.179 e. The van der Waals surface area contributed by atoms with Crippen LogP contribution in [0.5, 0.6) is 0 Å². The van der Waals surface area contributed by atoms with Crippen LogP contribution in [0.4, 0.5) is 0 Å². The minimum Gasteiger partial charge on any atom is -0.296 e. The summed E-state index contributed by atoms with van der Waals surface area (Å²) in [5.41, 5.74) is 3.28. The van der Waals surface area contributed by atoms with Gasteiger partial charge in [0.2, 0.25) is 0 Å². The van der Waals surface area contributed by atoms with E-state index in [2.05, 4.69) is 25.8 Å². The highest BCUT2D eigenvalue weighted by Crippen LogP contribution is 2.27. The van der Waals surface area contributed by atoms with Crippen LogP contribution in [0.25, 0.3) is 0 Å². The molecule has 1 aromatic carbocycles. The summed E-state index contributed by atoms with van der Waals surface area (Å²) in [5.74, 6) is 1.05. The van der Waals surface area contributed by atoms with E-state index >= 15 is 0 Å². The molecule has 1 fully saturated rings. The summed E-state index contributed by atoms with van der Waals surface area (Å²) < 4.78 is 0. The van der Waals surface area contributed by atoms with E-state index in [4.69, 9.17) is 0 Å². The number of hydrogen-bond donors (Lipinski definition) is 0. The van der Waals surface area contributed by atoms with Crippen LogP contribution in [0.2, 0.25) is 0 Å². The fourth-order valence-corrected chi connectivity index (χ4v) is 2.58. The van der Waals surface area contributed by atoms with Gasteiger partial charge in [-0.05, 0) is 63.8 Å². The number of Topliss-reactive ketones (excluding diaryl/α,β-unsaturated/α-hetero) is 1. The summed E-state index contributed by atoms with van der Waals surface area (Å²) >= 11 is 0. The van der Waals surface area contributed by atoms with Crippen molar-refractivity contribution in [1.82, 2.24) is 4.90 Å². The van der Waals surface area contributed by atoms with Crippen molar-refractivity contribution in [1.29, 1.82) is 0 Å². The second-order valence-electron chi connectivity index (χ2n) is 6.08. The molecule has 2 heteroatoms. The van der Waals surface area contributed by atoms with Crippen LogP contribution in [0.15, 0.2) is 18.2 Å². The van der Waals surface area contributed by atoms with Crippen LogP contribution in [0.1, 0.15) is 47.7 Å². The van der Waals surface area contributed by atoms with Gasteiger partial charge in [0.25, 0.3) is 0 Å². The van der Waals surface area contributed by atoms with Crippen LogP contribution >= 0.6 is 0 Å². The third-order valence-electron chi connectivity index (χ3n) is 4.60. The number of carbonyl (C=O) groups is 1. The van der Waals surface area contributed by atoms with E-state index in [0.717, 1.165) is 18.0 Å². The first-order chi connectivity index (χ1) is 8.99. The van der Waals surface area contributed by atoms with Gasteiger partial charge in [-0.2, -0.15) is 0 Å². The fourth-order valence-electron chi connectivity index (χ4n) is 2.58. The normalized spacial score (nSPS) is 17.3. The van der Waals surface area contributed by atoms with Crippen molar-refractivity contribution < 1.29 is 4.79 Å². The maximum absolute atomic E-state index is 12.5. The van der Waals surface area contributed by atoms with Crippen molar-refractivity contribution in [2.45, 2.75) is 46.1 Å². The summed E-state index contributed by atoms with van der Waals surface area (Å²) in [5, 5.41) is 0. The quantitative estimate of drug-likeness (QED) is 0.753. The van der Waals surface area contributed by atoms with E-state index in [1.54, 1.807) is 0 Å². The molecule has 2 nitrogen and oxygen atoms in total. The van der Waals surface area contributed by atoms with Crippen molar-refractivity contribution in [3.05, 3.63) is 34.9 Å². The summed E-state index contributed by atoms with van der Waals surface area (Å²) in [7, 11) is 2.07. The van der Waals surface area contributed by atoms with Gasteiger partial charge >= 0.3 is 0 Å². The summed E-state index contributed by atoms with van der Waals surface area (Å²) in [4.78, 5) is 14.7. The maximum Gasteiger partial charge on any atom is 0.179 e. The summed E-state index contributed by atoms with van der Waals surface area (Å²) in [6, 6.07) is 5.99. The molecule has 0 heterocycles. The number of hydrogen-bond acceptors (Lipinski definition) is 2. The Hall–Kier alpha value is -1.15. The molecular formula is C17H25NO. The van der Waals surface area contributed by atoms with E-state index in [9.17, 15) is 4.79 Å². The van der Waals surface area contributed by atoms with E-state index in [0.29, 0.717) is 0 Å². The van der Waals surface area contributed by atoms with Crippen molar-refractivity contribution in [3.8, 4) is 0 Å². The van der Waals surface area contributed by atoms with Gasteiger partial charge in [0.1, 0.15) is 0 Å². The maximum atomic E-state index is 12.5. The molecule has 1 saturated carbocycles. The fraction of sp³-hybridized carbons (Fsp3) is 0.588. The predicted octanol–water partition coefficient (Wildman–Crippen LogP) is 3.61. The van der Waals surface area contributed by atoms with Gasteiger partial charge in [-0.25, -0.2) is 0 Å². The van der Waals surface area contributed by atoms with Crippen molar-refractivity contribution in [2.24, 2.45) is 5.92 Å². The largest absolute Gasteiger partial charge is 0.296 e. The highest BCUT2D eigenvalue weighted by Gasteiger charge is 2.25. The van der Waals surface area contributed by atoms with Gasteiger partial charge in [0.05, 0.1) is 6.04 Å². The molecule has 1 aromatic rings. The second-order valence-corrected chi connectivity index (χ2v) is 6.08. The summed E-state index contributed by atoms with van der Waals surface area (Å²) in [6.45, 7) is 7.22. The molecule has 104 valence electrons. The first kappa shape index (κ1) is 14.3. The Bertz CT molecular complexity index is 462. The lowest BCUT2D eigenvalue weighted by molar-refractivity contribution is 0.0828. The first-order valence-corrected chi connectivity index (χ1v) is 7.30. The van der Waals surface area contributed by atoms with Crippen molar-refractivity contribution in [2.75, 3.05) is 13.6 Å². The third-order valence-corrected chi connectivity index (χ3v) is 4.60. The molecule has 0 aromatic heterocycles. The van der Waals surface area contributed by atoms with E-state index in [1.807, 2.05) is 25.1 Å². The minimum atomic E-state index is -0.0253. The van der Waals surface area contributed by atoms with Gasteiger partial charge in [-0.3, -0.25) is 9.69 Å². The standard InChI is InChI=1S/C17H25NO/c1-12-8-9-16(10-13(12)2)17(19)14(3)18(4)11-15-6-5-7-15/h8-10,14-15H,5-7,11H2,1-4H3. The number of benzene rings is 1. The summed E-state index contributed by atoms with van der Waals surface area (Å²) in [6.07, 6.45) is 4.02. The number of rotatable bonds is 5. The highest BCUT2D eigenvalue weighted by molar-refractivity contribution is 6.00. The average molecular weight is 259 g/mol. The van der Waals surface area contributed by atoms with Gasteiger partial charge in [0, 0.05) is 12.1 Å². The molecule has 0 N–H and O–H groups in total. The van der Waals surface area contributed by atoms with E-state index < -0.39 is 0 Å². The lowest BCUT2D eigenvalue weighted by atomic mass is 9.85. The molecular weight excluding hydrogens is 234 g/mol. The number of carbonyl (C=O) groups excluding carboxylic acids is 1. The van der Waals surface area contributed by atoms with Crippen LogP contribution in [0.3, 0.4) is 0 Å². The molecule has 19 heavy (non-hydrogen) atoms. The topological polar surface area (TPSA) is 20.3 Å². The predicted molar refractivity (Wildman–Crippen MR) is 79.7 cm³/mol. The van der Waals surface area contributed by atoms with Gasteiger partial charge < -0.3 is 0 Å². The first-order valence-electron chi connectivity index (χ1n) is 7.30. The number of ketones is 1. The zero-order chi connectivity index (χ0) is 14.0. The molecule has 1 aliphatic rings. The van der Waals surface area contributed by atoms with Crippen LogP contribution in [-0.2, 0) is 0 Å². The lowest BCUT2D eigenvalue weighted by Crippen LogP contribution is -2.40. The van der Waals surface area contributed by atoms with Crippen LogP contribution in [0, 0.1) is 19.8 Å². The Labute approximate surface area is 116 Å². The molecule has 2 rings (SSSR count). The minimum absolute atomic E-state index is 0.0253. The number of nitrogens with zero attached hydrogens (tertiary/aromatic N) is 1. The van der Waals surface area contributed by atoms with Crippen LogP contribution < -0.4 is 0 Å². The molecule has 0 bridgehead atoms. The molecule has 1 atom stereocenters. The Kier molecular flexibility index (Phi) is 4.41. The number of aryl methyl sites for hydroxylation is 2. The van der Waals surface area contributed by atoms with Crippen molar-refractivity contribution >= 4 is 5.78 Å². The average Bonchev–Trinajstić information content (AvgIpc) is 2.35. The Morgan fingerprint density at radius 1 is 1.32 bits per heavy atom. The second kappa shape index (κ2) is 5.87. The molecule has 1 unspecified atom stereocenters. The van der Waals surface area contributed by atoms with Gasteiger partial charge in [-0.15, -0.1) is 0 Å². The molecule has 1 aliphatic carbocycles. The Morgan fingerprint density at radius 3 is 2.53 bits per heavy atom. The monoisotopic (exact) mass is 259 g/mol. The Morgan fingerprint density at radius 2 is 2.00 bits per heavy atom. The number of likely N-dealkylation sites (N-methyl/N-ethyl adjacent to an activating group) is 1. The van der Waals surface area contributed by atoms with Crippen LogP contribution in [-0.4, -0.2) is 30.3 Å². The van der Waals surface area contributed by atoms with E-state index in [-0.39, 0.29) is 11.8 Å². The third kappa shape index (κ3) is 3.24. The van der Waals surface area contributed by atoms with E-state index in [1.165, 1.54) is 30.4 Å². The molecule has 0 aliphatic heterocycles. The zero-order valence-corrected chi connectivity index (χ0v) is 12.6. The molecule has 0 radical (unpaired) electrons. The molecule has 0 amide bonds. The SMILES string of the molecule is Cc1ccc(C(=O)C(C)N(C)CC2CCC2)cc1C. The molecule has 0 spiro atoms.